The Labute approximate surface area is 113 Å². The van der Waals surface area contributed by atoms with Crippen molar-refractivity contribution in [1.29, 1.82) is 0 Å². The maximum atomic E-state index is 2.45. The first kappa shape index (κ1) is 17.9. The summed E-state index contributed by atoms with van der Waals surface area (Å²) >= 11 is -0.532. The van der Waals surface area contributed by atoms with Crippen LogP contribution in [0.5, 0.6) is 0 Å². The monoisotopic (exact) mass is 364 g/mol. The molecule has 0 aromatic rings. The van der Waals surface area contributed by atoms with Crippen molar-refractivity contribution in [2.45, 2.75) is 14.8 Å². The molecule has 0 bridgehead atoms. The third kappa shape index (κ3) is 12.4. The summed E-state index contributed by atoms with van der Waals surface area (Å²) in [4.78, 5) is 4.99. The molecule has 16 heavy (non-hydrogen) atoms. The van der Waals surface area contributed by atoms with Gasteiger partial charge in [0.1, 0.15) is 0 Å². The molecule has 0 aliphatic heterocycles. The third-order valence-corrected chi connectivity index (χ3v) is 13.3. The van der Waals surface area contributed by atoms with E-state index in [4.69, 9.17) is 0 Å². The summed E-state index contributed by atoms with van der Waals surface area (Å²) in [7, 11) is 1.09. The van der Waals surface area contributed by atoms with Crippen molar-refractivity contribution in [3.05, 3.63) is 0 Å². The fourth-order valence-corrected chi connectivity index (χ4v) is 17.0. The van der Waals surface area contributed by atoms with Gasteiger partial charge in [0, 0.05) is 0 Å². The topological polar surface area (TPSA) is 0 Å². The van der Waals surface area contributed by atoms with Gasteiger partial charge in [0.2, 0.25) is 0 Å². The van der Waals surface area contributed by atoms with Crippen molar-refractivity contribution in [2.75, 3.05) is 58.5 Å². The molecule has 0 aliphatic carbocycles. The SMILES string of the molecule is CP(C)C[CH2][Tc]([CH2]CP(C)C)[CH2]CP(C)C. The van der Waals surface area contributed by atoms with Crippen LogP contribution in [0.15, 0.2) is 0 Å². The van der Waals surface area contributed by atoms with Crippen molar-refractivity contribution < 1.29 is 16.5 Å². The van der Waals surface area contributed by atoms with Crippen LogP contribution in [0, 0.1) is 0 Å². The molecule has 0 unspecified atom stereocenters. The quantitative estimate of drug-likeness (QED) is 0.500. The van der Waals surface area contributed by atoms with Crippen LogP contribution in [0.25, 0.3) is 0 Å². The molecule has 0 heterocycles. The average Bonchev–Trinajstić information content (AvgIpc) is 2.15. The number of rotatable bonds is 9. The molecule has 0 nitrogen and oxygen atoms in total. The molecule has 0 N–H and O–H groups in total. The fourth-order valence-electron chi connectivity index (χ4n) is 1.15. The summed E-state index contributed by atoms with van der Waals surface area (Å²) in [5.74, 6) is 0. The van der Waals surface area contributed by atoms with E-state index in [1.807, 2.05) is 0 Å². The van der Waals surface area contributed by atoms with E-state index in [-0.39, 0.29) is 0 Å². The molecule has 4 heteroatoms. The van der Waals surface area contributed by atoms with Gasteiger partial charge in [0.25, 0.3) is 0 Å². The number of hydrogen-bond donors (Lipinski definition) is 0. The average molecular weight is 365 g/mol. The van der Waals surface area contributed by atoms with Crippen LogP contribution < -0.4 is 0 Å². The van der Waals surface area contributed by atoms with E-state index in [0.717, 1.165) is 0 Å². The van der Waals surface area contributed by atoms with Crippen LogP contribution in [-0.4, -0.2) is 58.5 Å². The normalized spacial score (nSPS) is 12.9. The zero-order chi connectivity index (χ0) is 12.6. The summed E-state index contributed by atoms with van der Waals surface area (Å²) in [5, 5.41) is 0. The Bertz CT molecular complexity index is 132. The Morgan fingerprint density at radius 2 is 0.812 bits per heavy atom. The van der Waals surface area contributed by atoms with Gasteiger partial charge in [-0.25, -0.2) is 0 Å². The molecule has 100 valence electrons. The second-order valence-corrected chi connectivity index (χ2v) is 18.4. The molecular weight excluding hydrogens is 335 g/mol. The molecule has 0 saturated heterocycles. The minimum absolute atomic E-state index is 0.365. The second kappa shape index (κ2) is 10.8. The van der Waals surface area contributed by atoms with E-state index in [1.165, 1.54) is 0 Å². The molecule has 0 aliphatic rings. The number of hydrogen-bond acceptors (Lipinski definition) is 0. The predicted molar refractivity (Wildman–Crippen MR) is 85.3 cm³/mol. The van der Waals surface area contributed by atoms with Crippen molar-refractivity contribution in [3.8, 4) is 0 Å². The third-order valence-electron chi connectivity index (χ3n) is 2.40. The van der Waals surface area contributed by atoms with Crippen molar-refractivity contribution in [3.63, 3.8) is 0 Å². The molecule has 0 atom stereocenters. The molecule has 0 amide bonds. The van der Waals surface area contributed by atoms with E-state index in [9.17, 15) is 0 Å². The molecule has 0 aromatic heterocycles. The van der Waals surface area contributed by atoms with Gasteiger partial charge >= 0.3 is 114 Å². The molecule has 0 fully saturated rings. The van der Waals surface area contributed by atoms with Crippen LogP contribution in [0.4, 0.5) is 0 Å². The van der Waals surface area contributed by atoms with E-state index >= 15 is 0 Å². The Morgan fingerprint density at radius 3 is 1.00 bits per heavy atom. The van der Waals surface area contributed by atoms with E-state index in [0.29, 0.717) is 23.8 Å². The first-order valence-corrected chi connectivity index (χ1v) is 17.1. The molecule has 0 spiro atoms. The molecule has 0 radical (unpaired) electrons. The van der Waals surface area contributed by atoms with Crippen LogP contribution in [0.3, 0.4) is 0 Å². The van der Waals surface area contributed by atoms with E-state index in [1.54, 1.807) is 33.3 Å². The molecule has 0 aromatic carbocycles. The van der Waals surface area contributed by atoms with Gasteiger partial charge in [-0.2, -0.15) is 0 Å². The summed E-state index contributed by atoms with van der Waals surface area (Å²) in [5.41, 5.74) is 0. The zero-order valence-corrected chi connectivity index (χ0v) is 16.5. The van der Waals surface area contributed by atoms with Crippen molar-refractivity contribution in [1.82, 2.24) is 0 Å². The van der Waals surface area contributed by atoms with E-state index in [2.05, 4.69) is 40.0 Å². The van der Waals surface area contributed by atoms with Gasteiger partial charge in [-0.05, 0) is 0 Å². The first-order valence-electron chi connectivity index (χ1n) is 5.93. The molecule has 0 rings (SSSR count). The van der Waals surface area contributed by atoms with Crippen LogP contribution in [-0.2, 0) is 16.5 Å². The maximum absolute atomic E-state index is 2.45. The zero-order valence-electron chi connectivity index (χ0n) is 12.0. The standard InChI is InChI=1S/3C4H10P.Tc/c3*1-4-5(2)3;/h3*1,4H2,2-3H3;. The minimum atomic E-state index is -0.532. The summed E-state index contributed by atoms with van der Waals surface area (Å²) in [6, 6.07) is 0. The Kier molecular flexibility index (Phi) is 12.1. The second-order valence-electron chi connectivity index (χ2n) is 5.04. The first-order chi connectivity index (χ1) is 7.41. The van der Waals surface area contributed by atoms with Crippen molar-refractivity contribution in [2.24, 2.45) is 0 Å². The van der Waals surface area contributed by atoms with Gasteiger partial charge in [-0.15, -0.1) is 0 Å². The summed E-state index contributed by atoms with van der Waals surface area (Å²) in [6.45, 7) is 14.7. The van der Waals surface area contributed by atoms with Crippen LogP contribution in [0.2, 0.25) is 14.8 Å². The van der Waals surface area contributed by atoms with Crippen molar-refractivity contribution >= 4 is 23.8 Å². The predicted octanol–water partition coefficient (Wildman–Crippen LogP) is 5.08. The van der Waals surface area contributed by atoms with Crippen LogP contribution in [0.1, 0.15) is 0 Å². The van der Waals surface area contributed by atoms with Gasteiger partial charge in [-0.3, -0.25) is 0 Å². The van der Waals surface area contributed by atoms with Gasteiger partial charge in [0.05, 0.1) is 0 Å². The fraction of sp³-hybridized carbons (Fsp3) is 1.00. The Hall–Kier alpha value is 1.94. The summed E-state index contributed by atoms with van der Waals surface area (Å²) in [6.07, 6.45) is 4.70. The summed E-state index contributed by atoms with van der Waals surface area (Å²) < 4.78 is 0. The molecular formula is C12H30P3Tc. The van der Waals surface area contributed by atoms with Gasteiger partial charge in [-0.1, -0.05) is 0 Å². The Morgan fingerprint density at radius 1 is 0.562 bits per heavy atom. The van der Waals surface area contributed by atoms with Gasteiger partial charge in [0.15, 0.2) is 0 Å². The van der Waals surface area contributed by atoms with Gasteiger partial charge < -0.3 is 0 Å². The van der Waals surface area contributed by atoms with Crippen LogP contribution >= 0.6 is 23.8 Å². The van der Waals surface area contributed by atoms with E-state index < -0.39 is 16.5 Å². The molecule has 0 saturated carbocycles. The Balaban J connectivity index is 3.85.